The Hall–Kier alpha value is -1.76. The summed E-state index contributed by atoms with van der Waals surface area (Å²) in [5.41, 5.74) is 7.57. The van der Waals surface area contributed by atoms with Crippen LogP contribution in [0.15, 0.2) is 17.0 Å². The molecule has 0 saturated carbocycles. The maximum Gasteiger partial charge on any atom is 0.248 e. The molecule has 39 heavy (non-hydrogen) atoms. The number of likely N-dealkylation sites (N-methyl/N-ethyl adjacent to an activating group) is 1. The van der Waals surface area contributed by atoms with Gasteiger partial charge < -0.3 is 25.0 Å². The number of carbonyl (C=O) groups is 1. The number of methoxy groups -OCH3 is 1. The molecular weight excluding hydrogens is 518 g/mol. The SMILES string of the molecule is COc1cc(C)c(S(=O)(=O)N2CCCCC2COCC(=O)N2CCC(CN)(N3CCN(C)CC3)CC2)c(C)c1. The van der Waals surface area contributed by atoms with E-state index >= 15 is 0 Å². The highest BCUT2D eigenvalue weighted by atomic mass is 32.2. The number of likely N-dealkylation sites (tertiary alicyclic amines) is 1. The largest absolute Gasteiger partial charge is 0.497 e. The summed E-state index contributed by atoms with van der Waals surface area (Å²) in [6.07, 6.45) is 4.21. The smallest absolute Gasteiger partial charge is 0.248 e. The Morgan fingerprint density at radius 2 is 1.67 bits per heavy atom. The van der Waals surface area contributed by atoms with Crippen molar-refractivity contribution in [1.82, 2.24) is 19.0 Å². The second-order valence-electron chi connectivity index (χ2n) is 11.5. The number of aryl methyl sites for hydroxylation is 2. The van der Waals surface area contributed by atoms with Crippen molar-refractivity contribution < 1.29 is 22.7 Å². The quantitative estimate of drug-likeness (QED) is 0.479. The molecule has 1 aromatic rings. The number of nitrogens with two attached hydrogens (primary N) is 1. The second-order valence-corrected chi connectivity index (χ2v) is 13.3. The van der Waals surface area contributed by atoms with Crippen LogP contribution in [-0.4, -0.2) is 125 Å². The molecule has 0 aromatic heterocycles. The van der Waals surface area contributed by atoms with E-state index in [9.17, 15) is 13.2 Å². The number of benzene rings is 1. The van der Waals surface area contributed by atoms with Gasteiger partial charge in [0.25, 0.3) is 0 Å². The Bertz CT molecular complexity index is 1070. The fourth-order valence-corrected chi connectivity index (χ4v) is 8.58. The van der Waals surface area contributed by atoms with Crippen LogP contribution in [0, 0.1) is 13.8 Å². The van der Waals surface area contributed by atoms with Crippen LogP contribution in [0.3, 0.4) is 0 Å². The van der Waals surface area contributed by atoms with Crippen LogP contribution in [0.2, 0.25) is 0 Å². The van der Waals surface area contributed by atoms with Gasteiger partial charge in [-0.05, 0) is 69.8 Å². The van der Waals surface area contributed by atoms with Crippen molar-refractivity contribution in [1.29, 1.82) is 0 Å². The zero-order valence-corrected chi connectivity index (χ0v) is 25.0. The summed E-state index contributed by atoms with van der Waals surface area (Å²) in [5.74, 6) is 0.608. The first kappa shape index (κ1) is 30.2. The summed E-state index contributed by atoms with van der Waals surface area (Å²) < 4.78 is 40.3. The molecule has 3 aliphatic rings. The van der Waals surface area contributed by atoms with Crippen LogP contribution >= 0.6 is 0 Å². The van der Waals surface area contributed by atoms with E-state index in [0.29, 0.717) is 48.0 Å². The highest BCUT2D eigenvalue weighted by molar-refractivity contribution is 7.89. The van der Waals surface area contributed by atoms with Crippen molar-refractivity contribution in [3.05, 3.63) is 23.3 Å². The van der Waals surface area contributed by atoms with E-state index in [1.807, 2.05) is 4.90 Å². The Labute approximate surface area is 234 Å². The van der Waals surface area contributed by atoms with Crippen LogP contribution in [-0.2, 0) is 19.6 Å². The van der Waals surface area contributed by atoms with E-state index in [0.717, 1.165) is 58.3 Å². The Morgan fingerprint density at radius 1 is 1.03 bits per heavy atom. The third kappa shape index (κ3) is 6.60. The van der Waals surface area contributed by atoms with Crippen LogP contribution in [0.1, 0.15) is 43.2 Å². The van der Waals surface area contributed by atoms with Gasteiger partial charge in [0.15, 0.2) is 0 Å². The van der Waals surface area contributed by atoms with Crippen molar-refractivity contribution in [2.24, 2.45) is 5.73 Å². The van der Waals surface area contributed by atoms with Crippen molar-refractivity contribution >= 4 is 15.9 Å². The van der Waals surface area contributed by atoms with Crippen LogP contribution in [0.25, 0.3) is 0 Å². The molecule has 1 aromatic carbocycles. The molecule has 0 bridgehead atoms. The minimum atomic E-state index is -3.72. The number of sulfonamides is 1. The number of carbonyl (C=O) groups excluding carboxylic acids is 1. The maximum absolute atomic E-state index is 13.8. The van der Waals surface area contributed by atoms with E-state index in [2.05, 4.69) is 16.8 Å². The average Bonchev–Trinajstić information content (AvgIpc) is 2.93. The lowest BCUT2D eigenvalue weighted by Crippen LogP contribution is -2.63. The zero-order valence-electron chi connectivity index (χ0n) is 24.2. The lowest BCUT2D eigenvalue weighted by atomic mass is 9.85. The Morgan fingerprint density at radius 3 is 2.26 bits per heavy atom. The molecule has 10 nitrogen and oxygen atoms in total. The first-order chi connectivity index (χ1) is 18.6. The fraction of sp³-hybridized carbons (Fsp3) is 0.750. The highest BCUT2D eigenvalue weighted by Crippen LogP contribution is 2.32. The Balaban J connectivity index is 1.33. The molecule has 0 spiro atoms. The van der Waals surface area contributed by atoms with Gasteiger partial charge in [0.1, 0.15) is 12.4 Å². The van der Waals surface area contributed by atoms with Gasteiger partial charge in [-0.2, -0.15) is 4.31 Å². The van der Waals surface area contributed by atoms with Gasteiger partial charge in [-0.15, -0.1) is 0 Å². The number of piperazine rings is 1. The lowest BCUT2D eigenvalue weighted by Gasteiger charge is -2.50. The highest BCUT2D eigenvalue weighted by Gasteiger charge is 2.41. The molecule has 3 heterocycles. The minimum absolute atomic E-state index is 0.0326. The number of ether oxygens (including phenoxy) is 2. The van der Waals surface area contributed by atoms with E-state index in [1.165, 1.54) is 0 Å². The van der Waals surface area contributed by atoms with Gasteiger partial charge >= 0.3 is 0 Å². The monoisotopic (exact) mass is 565 g/mol. The maximum atomic E-state index is 13.8. The van der Waals surface area contributed by atoms with Gasteiger partial charge in [0.2, 0.25) is 15.9 Å². The van der Waals surface area contributed by atoms with E-state index < -0.39 is 10.0 Å². The van der Waals surface area contributed by atoms with Gasteiger partial charge in [-0.3, -0.25) is 9.69 Å². The standard InChI is InChI=1S/C28H47N5O5S/c1-22-17-25(37-4)18-23(2)27(22)39(35,36)33-10-6-5-7-24(33)19-38-20-26(34)31-11-8-28(21-29,9-12-31)32-15-13-30(3)14-16-32/h17-18,24H,5-16,19-21,29H2,1-4H3. The molecule has 1 amide bonds. The molecule has 0 radical (unpaired) electrons. The molecule has 3 saturated heterocycles. The number of hydrogen-bond acceptors (Lipinski definition) is 8. The normalized spacial score (nSPS) is 23.6. The molecule has 3 fully saturated rings. The molecule has 3 aliphatic heterocycles. The topological polar surface area (TPSA) is 109 Å². The van der Waals surface area contributed by atoms with Crippen LogP contribution < -0.4 is 10.5 Å². The first-order valence-corrected chi connectivity index (χ1v) is 15.7. The van der Waals surface area contributed by atoms with Gasteiger partial charge in [0, 0.05) is 63.9 Å². The Kier molecular flexibility index (Phi) is 9.93. The molecule has 11 heteroatoms. The molecular formula is C28H47N5O5S. The predicted octanol–water partition coefficient (Wildman–Crippen LogP) is 1.44. The fourth-order valence-electron chi connectivity index (χ4n) is 6.49. The van der Waals surface area contributed by atoms with Crippen LogP contribution in [0.5, 0.6) is 5.75 Å². The third-order valence-corrected chi connectivity index (χ3v) is 11.2. The summed E-state index contributed by atoms with van der Waals surface area (Å²) >= 11 is 0. The summed E-state index contributed by atoms with van der Waals surface area (Å²) in [6, 6.07) is 3.23. The van der Waals surface area contributed by atoms with E-state index in [1.54, 1.807) is 37.4 Å². The molecule has 220 valence electrons. The number of rotatable bonds is 9. The number of amides is 1. The van der Waals surface area contributed by atoms with Gasteiger partial charge in [-0.25, -0.2) is 8.42 Å². The van der Waals surface area contributed by atoms with Gasteiger partial charge in [-0.1, -0.05) is 6.42 Å². The van der Waals surface area contributed by atoms with Crippen molar-refractivity contribution in [2.75, 3.05) is 79.7 Å². The lowest BCUT2D eigenvalue weighted by molar-refractivity contribution is -0.139. The summed E-state index contributed by atoms with van der Waals surface area (Å²) in [5, 5.41) is 0. The van der Waals surface area contributed by atoms with Gasteiger partial charge in [0.05, 0.1) is 18.6 Å². The molecule has 0 aliphatic carbocycles. The van der Waals surface area contributed by atoms with Crippen LogP contribution in [0.4, 0.5) is 0 Å². The van der Waals surface area contributed by atoms with E-state index in [-0.39, 0.29) is 30.7 Å². The minimum Gasteiger partial charge on any atom is -0.497 e. The van der Waals surface area contributed by atoms with Crippen molar-refractivity contribution in [2.45, 2.75) is 62.4 Å². The first-order valence-electron chi connectivity index (χ1n) is 14.3. The zero-order chi connectivity index (χ0) is 28.2. The summed E-state index contributed by atoms with van der Waals surface area (Å²) in [7, 11) is 0.0109. The number of hydrogen-bond donors (Lipinski definition) is 1. The van der Waals surface area contributed by atoms with Crippen molar-refractivity contribution in [3.8, 4) is 5.75 Å². The average molecular weight is 566 g/mol. The molecule has 1 unspecified atom stereocenters. The summed E-state index contributed by atoms with van der Waals surface area (Å²) in [4.78, 5) is 20.1. The van der Waals surface area contributed by atoms with E-state index in [4.69, 9.17) is 15.2 Å². The third-order valence-electron chi connectivity index (χ3n) is 8.95. The number of piperidine rings is 2. The second kappa shape index (κ2) is 12.8. The molecule has 4 rings (SSSR count). The molecule has 2 N–H and O–H groups in total. The predicted molar refractivity (Wildman–Crippen MR) is 151 cm³/mol. The molecule has 1 atom stereocenters. The summed E-state index contributed by atoms with van der Waals surface area (Å²) in [6.45, 7) is 10.3. The number of nitrogens with zero attached hydrogens (tertiary/aromatic N) is 4. The van der Waals surface area contributed by atoms with Crippen molar-refractivity contribution in [3.63, 3.8) is 0 Å².